The van der Waals surface area contributed by atoms with Gasteiger partial charge in [0.15, 0.2) is 0 Å². The second-order valence-electron chi connectivity index (χ2n) is 6.26. The summed E-state index contributed by atoms with van der Waals surface area (Å²) in [6.45, 7) is 5.87. The summed E-state index contributed by atoms with van der Waals surface area (Å²) in [4.78, 5) is 19.0. The smallest absolute Gasteiger partial charge is 0.271 e. The first-order chi connectivity index (χ1) is 13.3. The van der Waals surface area contributed by atoms with Crippen LogP contribution in [0.3, 0.4) is 0 Å². The molecule has 10 heteroatoms. The molecule has 2 heterocycles. The molecule has 0 radical (unpaired) electrons. The number of nitrogens with zero attached hydrogens (tertiary/aromatic N) is 2. The Balaban J connectivity index is 0.00000210. The van der Waals surface area contributed by atoms with Gasteiger partial charge in [0.1, 0.15) is 18.1 Å². The first kappa shape index (κ1) is 25.6. The second-order valence-corrected chi connectivity index (χ2v) is 7.20. The molecule has 3 rings (SSSR count). The van der Waals surface area contributed by atoms with Crippen LogP contribution in [0.4, 0.5) is 0 Å². The van der Waals surface area contributed by atoms with Crippen molar-refractivity contribution in [1.82, 2.24) is 15.2 Å². The lowest BCUT2D eigenvalue weighted by Gasteiger charge is -2.26. The minimum Gasteiger partial charge on any atom is -0.492 e. The molecule has 3 N–H and O–H groups in total. The first-order valence-corrected chi connectivity index (χ1v) is 10.1. The Morgan fingerprint density at radius 3 is 2.79 bits per heavy atom. The molecule has 1 amide bonds. The summed E-state index contributed by atoms with van der Waals surface area (Å²) < 4.78 is 11.3. The number of nitrogens with one attached hydrogen (secondary N) is 1. The van der Waals surface area contributed by atoms with Crippen LogP contribution in [0.1, 0.15) is 21.1 Å². The number of hydrogen-bond donors (Lipinski definition) is 2. The molecule has 0 saturated carbocycles. The fourth-order valence-electron chi connectivity index (χ4n) is 2.82. The molecule has 2 aromatic rings. The average Bonchev–Trinajstić information content (AvgIpc) is 3.17. The van der Waals surface area contributed by atoms with E-state index in [-0.39, 0.29) is 30.7 Å². The van der Waals surface area contributed by atoms with Gasteiger partial charge in [0.2, 0.25) is 0 Å². The number of carbonyl (C=O) groups excluding carboxylic acids is 1. The van der Waals surface area contributed by atoms with Crippen molar-refractivity contribution in [2.75, 3.05) is 46.0 Å². The number of thiazole rings is 1. The molecule has 1 saturated heterocycles. The van der Waals surface area contributed by atoms with Crippen molar-refractivity contribution >= 4 is 42.1 Å². The van der Waals surface area contributed by atoms with E-state index in [1.54, 1.807) is 5.38 Å². The van der Waals surface area contributed by atoms with Crippen LogP contribution in [0.2, 0.25) is 0 Å². The largest absolute Gasteiger partial charge is 0.492 e. The molecule has 0 aliphatic carbocycles. The lowest BCUT2D eigenvalue weighted by atomic mass is 10.2. The Bertz CT molecular complexity index is 742. The number of amides is 1. The molecule has 1 aliphatic rings. The predicted molar refractivity (Wildman–Crippen MR) is 120 cm³/mol. The van der Waals surface area contributed by atoms with Crippen molar-refractivity contribution in [3.63, 3.8) is 0 Å². The van der Waals surface area contributed by atoms with Crippen LogP contribution in [0.15, 0.2) is 29.6 Å². The lowest BCUT2D eigenvalue weighted by molar-refractivity contribution is 0.0322. The third-order valence-corrected chi connectivity index (χ3v) is 5.23. The maximum absolute atomic E-state index is 12.3. The van der Waals surface area contributed by atoms with Gasteiger partial charge in [0, 0.05) is 43.5 Å². The van der Waals surface area contributed by atoms with E-state index in [1.807, 2.05) is 24.3 Å². The van der Waals surface area contributed by atoms with Gasteiger partial charge in [-0.15, -0.1) is 36.2 Å². The molecule has 0 spiro atoms. The zero-order valence-electron chi connectivity index (χ0n) is 16.2. The lowest BCUT2D eigenvalue weighted by Crippen LogP contribution is -2.38. The first-order valence-electron chi connectivity index (χ1n) is 9.19. The molecule has 1 aromatic carbocycles. The Morgan fingerprint density at radius 1 is 1.28 bits per heavy atom. The molecular formula is C19H28Cl2N4O3S. The Morgan fingerprint density at radius 2 is 2.03 bits per heavy atom. The number of benzene rings is 1. The molecular weight excluding hydrogens is 435 g/mol. The number of aromatic nitrogens is 1. The normalized spacial score (nSPS) is 13.8. The number of carbonyl (C=O) groups is 1. The summed E-state index contributed by atoms with van der Waals surface area (Å²) in [5, 5.41) is 5.57. The Hall–Kier alpha value is -1.42. The Kier molecular flexibility index (Phi) is 12.1. The predicted octanol–water partition coefficient (Wildman–Crippen LogP) is 2.13. The van der Waals surface area contributed by atoms with E-state index >= 15 is 0 Å². The average molecular weight is 463 g/mol. The van der Waals surface area contributed by atoms with Crippen molar-refractivity contribution in [3.8, 4) is 5.75 Å². The molecule has 0 atom stereocenters. The van der Waals surface area contributed by atoms with E-state index < -0.39 is 0 Å². The van der Waals surface area contributed by atoms with Gasteiger partial charge in [-0.3, -0.25) is 9.69 Å². The minimum absolute atomic E-state index is 0. The molecule has 162 valence electrons. The van der Waals surface area contributed by atoms with Crippen LogP contribution in [0.25, 0.3) is 0 Å². The highest BCUT2D eigenvalue weighted by Crippen LogP contribution is 2.18. The molecule has 0 unspecified atom stereocenters. The van der Waals surface area contributed by atoms with Crippen molar-refractivity contribution in [1.29, 1.82) is 0 Å². The number of rotatable bonds is 9. The van der Waals surface area contributed by atoms with Crippen LogP contribution < -0.4 is 15.8 Å². The molecule has 1 aromatic heterocycles. The van der Waals surface area contributed by atoms with Crippen molar-refractivity contribution in [2.45, 2.75) is 13.0 Å². The van der Waals surface area contributed by atoms with Crippen LogP contribution >= 0.6 is 36.2 Å². The molecule has 1 aliphatic heterocycles. The third kappa shape index (κ3) is 8.08. The summed E-state index contributed by atoms with van der Waals surface area (Å²) in [6, 6.07) is 7.78. The van der Waals surface area contributed by atoms with Gasteiger partial charge in [0.25, 0.3) is 5.91 Å². The summed E-state index contributed by atoms with van der Waals surface area (Å²) in [7, 11) is 0. The number of morpholine rings is 1. The number of para-hydroxylation sites is 1. The maximum atomic E-state index is 12.3. The third-order valence-electron chi connectivity index (χ3n) is 4.32. The monoisotopic (exact) mass is 462 g/mol. The van der Waals surface area contributed by atoms with Gasteiger partial charge < -0.3 is 20.5 Å². The van der Waals surface area contributed by atoms with Crippen molar-refractivity contribution in [2.24, 2.45) is 5.73 Å². The number of hydrogen-bond acceptors (Lipinski definition) is 7. The van der Waals surface area contributed by atoms with E-state index in [1.165, 1.54) is 11.3 Å². The topological polar surface area (TPSA) is 89.7 Å². The number of nitrogens with two attached hydrogens (primary N) is 1. The van der Waals surface area contributed by atoms with Crippen molar-refractivity contribution < 1.29 is 14.3 Å². The highest BCUT2D eigenvalue weighted by molar-refractivity contribution is 7.09. The summed E-state index contributed by atoms with van der Waals surface area (Å²) in [6.07, 6.45) is 0.692. The van der Waals surface area contributed by atoms with E-state index in [9.17, 15) is 4.79 Å². The maximum Gasteiger partial charge on any atom is 0.271 e. The zero-order valence-corrected chi connectivity index (χ0v) is 18.6. The van der Waals surface area contributed by atoms with Crippen molar-refractivity contribution in [3.05, 3.63) is 45.9 Å². The van der Waals surface area contributed by atoms with Gasteiger partial charge in [0.05, 0.1) is 18.2 Å². The fraction of sp³-hybridized carbons (Fsp3) is 0.474. The highest BCUT2D eigenvalue weighted by Gasteiger charge is 2.13. The van der Waals surface area contributed by atoms with Crippen LogP contribution in [0, 0.1) is 0 Å². The molecule has 1 fully saturated rings. The molecule has 0 bridgehead atoms. The van der Waals surface area contributed by atoms with E-state index in [2.05, 4.69) is 15.2 Å². The summed E-state index contributed by atoms with van der Waals surface area (Å²) >= 11 is 1.46. The SMILES string of the molecule is Cl.Cl.NCCc1nc(C(=O)NCc2ccccc2OCCN2CCOCC2)cs1. The Labute approximate surface area is 187 Å². The summed E-state index contributed by atoms with van der Waals surface area (Å²) in [5.41, 5.74) is 6.92. The van der Waals surface area contributed by atoms with Gasteiger partial charge >= 0.3 is 0 Å². The molecule has 7 nitrogen and oxygen atoms in total. The minimum atomic E-state index is -0.183. The number of halogens is 2. The van der Waals surface area contributed by atoms with Crippen LogP contribution in [0.5, 0.6) is 5.75 Å². The van der Waals surface area contributed by atoms with Gasteiger partial charge in [-0.2, -0.15) is 0 Å². The quantitative estimate of drug-likeness (QED) is 0.593. The van der Waals surface area contributed by atoms with E-state index in [0.717, 1.165) is 49.2 Å². The summed E-state index contributed by atoms with van der Waals surface area (Å²) in [5.74, 6) is 0.616. The van der Waals surface area contributed by atoms with Crippen LogP contribution in [-0.4, -0.2) is 61.8 Å². The van der Waals surface area contributed by atoms with E-state index in [4.69, 9.17) is 15.2 Å². The standard InChI is InChI=1S/C19H26N4O3S.2ClH/c20-6-5-18-22-16(14-27-18)19(24)21-13-15-3-1-2-4-17(15)26-12-9-23-7-10-25-11-8-23;;/h1-4,14H,5-13,20H2,(H,21,24);2*1H. The van der Waals surface area contributed by atoms with Gasteiger partial charge in [-0.25, -0.2) is 4.98 Å². The van der Waals surface area contributed by atoms with Gasteiger partial charge in [-0.1, -0.05) is 18.2 Å². The number of ether oxygens (including phenoxy) is 2. The zero-order chi connectivity index (χ0) is 18.9. The van der Waals surface area contributed by atoms with Gasteiger partial charge in [-0.05, 0) is 12.6 Å². The highest BCUT2D eigenvalue weighted by atomic mass is 35.5. The second kappa shape index (κ2) is 13.7. The molecule has 29 heavy (non-hydrogen) atoms. The van der Waals surface area contributed by atoms with E-state index in [0.29, 0.717) is 31.8 Å². The van der Waals surface area contributed by atoms with Crippen LogP contribution in [-0.2, 0) is 17.7 Å². The fourth-order valence-corrected chi connectivity index (χ4v) is 3.61.